The van der Waals surface area contributed by atoms with E-state index in [-0.39, 0.29) is 6.04 Å². The molecule has 2 rings (SSSR count). The van der Waals surface area contributed by atoms with E-state index in [1.165, 1.54) is 4.88 Å². The predicted octanol–water partition coefficient (Wildman–Crippen LogP) is 4.04. The second-order valence-electron chi connectivity index (χ2n) is 4.15. The van der Waals surface area contributed by atoms with Crippen LogP contribution < -0.4 is 10.5 Å². The van der Waals surface area contributed by atoms with Crippen LogP contribution in [0.5, 0.6) is 5.75 Å². The van der Waals surface area contributed by atoms with Crippen LogP contribution in [0.2, 0.25) is 5.02 Å². The summed E-state index contributed by atoms with van der Waals surface area (Å²) in [5, 5.41) is 2.76. The molecule has 0 saturated heterocycles. The number of benzene rings is 1. The summed E-state index contributed by atoms with van der Waals surface area (Å²) in [4.78, 5) is 1.33. The SMILES string of the molecule is C[C@H](N)c1cc(Cl)ccc1OCCc1cccs1. The molecule has 2 aromatic rings. The molecule has 0 aliphatic heterocycles. The first-order valence-electron chi connectivity index (χ1n) is 5.87. The maximum absolute atomic E-state index is 5.97. The van der Waals surface area contributed by atoms with Crippen molar-refractivity contribution in [3.8, 4) is 5.75 Å². The molecule has 4 heteroatoms. The van der Waals surface area contributed by atoms with Crippen LogP contribution in [-0.2, 0) is 6.42 Å². The molecule has 0 amide bonds. The Morgan fingerprint density at radius 2 is 2.22 bits per heavy atom. The van der Waals surface area contributed by atoms with Gasteiger partial charge in [-0.2, -0.15) is 0 Å². The normalized spacial score (nSPS) is 12.4. The highest BCUT2D eigenvalue weighted by Crippen LogP contribution is 2.27. The molecule has 0 radical (unpaired) electrons. The van der Waals surface area contributed by atoms with E-state index in [4.69, 9.17) is 22.1 Å². The largest absolute Gasteiger partial charge is 0.493 e. The number of rotatable bonds is 5. The van der Waals surface area contributed by atoms with Gasteiger partial charge in [-0.3, -0.25) is 0 Å². The first kappa shape index (κ1) is 13.4. The molecule has 2 N–H and O–H groups in total. The third-order valence-electron chi connectivity index (χ3n) is 2.65. The molecule has 0 aliphatic carbocycles. The van der Waals surface area contributed by atoms with Crippen LogP contribution in [0.15, 0.2) is 35.7 Å². The van der Waals surface area contributed by atoms with Crippen molar-refractivity contribution in [1.29, 1.82) is 0 Å². The van der Waals surface area contributed by atoms with Gasteiger partial charge in [0.2, 0.25) is 0 Å². The van der Waals surface area contributed by atoms with E-state index in [0.717, 1.165) is 17.7 Å². The zero-order chi connectivity index (χ0) is 13.0. The van der Waals surface area contributed by atoms with Gasteiger partial charge in [0, 0.05) is 27.9 Å². The van der Waals surface area contributed by atoms with Crippen LogP contribution in [0, 0.1) is 0 Å². The Hall–Kier alpha value is -1.03. The smallest absolute Gasteiger partial charge is 0.124 e. The summed E-state index contributed by atoms with van der Waals surface area (Å²) in [5.41, 5.74) is 6.87. The first-order valence-corrected chi connectivity index (χ1v) is 7.13. The molecule has 1 aromatic carbocycles. The Labute approximate surface area is 116 Å². The third-order valence-corrected chi connectivity index (χ3v) is 3.82. The van der Waals surface area contributed by atoms with Crippen molar-refractivity contribution in [2.24, 2.45) is 5.73 Å². The van der Waals surface area contributed by atoms with E-state index < -0.39 is 0 Å². The second-order valence-corrected chi connectivity index (χ2v) is 5.62. The summed E-state index contributed by atoms with van der Waals surface area (Å²) in [6, 6.07) is 9.66. The molecule has 0 saturated carbocycles. The number of hydrogen-bond donors (Lipinski definition) is 1. The van der Waals surface area contributed by atoms with Crippen molar-refractivity contribution in [2.75, 3.05) is 6.61 Å². The van der Waals surface area contributed by atoms with Gasteiger partial charge in [-0.1, -0.05) is 17.7 Å². The van der Waals surface area contributed by atoms with E-state index >= 15 is 0 Å². The van der Waals surface area contributed by atoms with Gasteiger partial charge < -0.3 is 10.5 Å². The maximum Gasteiger partial charge on any atom is 0.124 e. The summed E-state index contributed by atoms with van der Waals surface area (Å²) >= 11 is 7.71. The third kappa shape index (κ3) is 3.48. The van der Waals surface area contributed by atoms with Crippen LogP contribution in [0.25, 0.3) is 0 Å². The Balaban J connectivity index is 2.00. The van der Waals surface area contributed by atoms with Gasteiger partial charge in [-0.25, -0.2) is 0 Å². The zero-order valence-corrected chi connectivity index (χ0v) is 11.8. The van der Waals surface area contributed by atoms with Crippen LogP contribution in [0.4, 0.5) is 0 Å². The average Bonchev–Trinajstić information content (AvgIpc) is 2.84. The molecular weight excluding hydrogens is 266 g/mol. The quantitative estimate of drug-likeness (QED) is 0.898. The van der Waals surface area contributed by atoms with Crippen LogP contribution in [-0.4, -0.2) is 6.61 Å². The lowest BCUT2D eigenvalue weighted by molar-refractivity contribution is 0.318. The summed E-state index contributed by atoms with van der Waals surface area (Å²) in [6.07, 6.45) is 0.915. The fraction of sp³-hybridized carbons (Fsp3) is 0.286. The van der Waals surface area contributed by atoms with Crippen molar-refractivity contribution in [2.45, 2.75) is 19.4 Å². The highest BCUT2D eigenvalue weighted by molar-refractivity contribution is 7.09. The van der Waals surface area contributed by atoms with Crippen LogP contribution in [0.3, 0.4) is 0 Å². The zero-order valence-electron chi connectivity index (χ0n) is 10.2. The molecule has 0 bridgehead atoms. The average molecular weight is 282 g/mol. The lowest BCUT2D eigenvalue weighted by Gasteiger charge is -2.14. The molecule has 1 atom stereocenters. The van der Waals surface area contributed by atoms with Crippen molar-refractivity contribution < 1.29 is 4.74 Å². The van der Waals surface area contributed by atoms with E-state index in [1.807, 2.05) is 25.1 Å². The number of nitrogens with two attached hydrogens (primary N) is 1. The van der Waals surface area contributed by atoms with Gasteiger partial charge in [-0.05, 0) is 36.6 Å². The number of thiophene rings is 1. The predicted molar refractivity (Wildman–Crippen MR) is 77.6 cm³/mol. The Kier molecular flexibility index (Phi) is 4.64. The molecule has 1 aromatic heterocycles. The van der Waals surface area contributed by atoms with Crippen molar-refractivity contribution in [1.82, 2.24) is 0 Å². The van der Waals surface area contributed by atoms with Crippen LogP contribution in [0.1, 0.15) is 23.4 Å². The number of ether oxygens (including phenoxy) is 1. The minimum Gasteiger partial charge on any atom is -0.493 e. The van der Waals surface area contributed by atoms with Crippen molar-refractivity contribution >= 4 is 22.9 Å². The molecule has 0 spiro atoms. The van der Waals surface area contributed by atoms with Gasteiger partial charge in [-0.15, -0.1) is 11.3 Å². The molecule has 0 aliphatic rings. The summed E-state index contributed by atoms with van der Waals surface area (Å²) in [5.74, 6) is 0.825. The lowest BCUT2D eigenvalue weighted by atomic mass is 10.1. The van der Waals surface area contributed by atoms with E-state index in [9.17, 15) is 0 Å². The second kappa shape index (κ2) is 6.23. The number of halogens is 1. The Morgan fingerprint density at radius 3 is 2.89 bits per heavy atom. The van der Waals surface area contributed by atoms with Gasteiger partial charge in [0.1, 0.15) is 5.75 Å². The van der Waals surface area contributed by atoms with E-state index in [1.54, 1.807) is 11.3 Å². The molecule has 0 fully saturated rings. The Bertz CT molecular complexity index is 497. The minimum atomic E-state index is -0.0829. The highest BCUT2D eigenvalue weighted by atomic mass is 35.5. The molecule has 0 unspecified atom stereocenters. The van der Waals surface area contributed by atoms with Gasteiger partial charge in [0.05, 0.1) is 6.61 Å². The van der Waals surface area contributed by atoms with Gasteiger partial charge in [0.15, 0.2) is 0 Å². The van der Waals surface area contributed by atoms with Gasteiger partial charge in [0.25, 0.3) is 0 Å². The summed E-state index contributed by atoms with van der Waals surface area (Å²) in [6.45, 7) is 2.58. The van der Waals surface area contributed by atoms with Gasteiger partial charge >= 0.3 is 0 Å². The van der Waals surface area contributed by atoms with Crippen molar-refractivity contribution in [3.63, 3.8) is 0 Å². The Morgan fingerprint density at radius 1 is 1.39 bits per heavy atom. The van der Waals surface area contributed by atoms with E-state index in [2.05, 4.69) is 17.5 Å². The highest BCUT2D eigenvalue weighted by Gasteiger charge is 2.09. The molecule has 96 valence electrons. The van der Waals surface area contributed by atoms with Crippen molar-refractivity contribution in [3.05, 3.63) is 51.2 Å². The molecule has 18 heavy (non-hydrogen) atoms. The molecular formula is C14H16ClNOS. The van der Waals surface area contributed by atoms with Crippen LogP contribution >= 0.6 is 22.9 Å². The van der Waals surface area contributed by atoms with E-state index in [0.29, 0.717) is 11.6 Å². The first-order chi connectivity index (χ1) is 8.66. The molecule has 2 nitrogen and oxygen atoms in total. The monoisotopic (exact) mass is 281 g/mol. The number of hydrogen-bond acceptors (Lipinski definition) is 3. The fourth-order valence-corrected chi connectivity index (χ4v) is 2.59. The minimum absolute atomic E-state index is 0.0829. The standard InChI is InChI=1S/C14H16ClNOS/c1-10(16)13-9-11(15)4-5-14(13)17-7-6-12-3-2-8-18-12/h2-5,8-10H,6-7,16H2,1H3/t10-/m0/s1. The lowest BCUT2D eigenvalue weighted by Crippen LogP contribution is -2.09. The fourth-order valence-electron chi connectivity index (χ4n) is 1.72. The topological polar surface area (TPSA) is 35.2 Å². The molecule has 1 heterocycles. The maximum atomic E-state index is 5.97. The summed E-state index contributed by atoms with van der Waals surface area (Å²) < 4.78 is 5.79. The summed E-state index contributed by atoms with van der Waals surface area (Å²) in [7, 11) is 0.